The SMILES string of the molecule is O=C(Nc1ccc2c(c1)OCO2)c1ccc(NCCc2cccc(Cl)c2)cn1. The minimum Gasteiger partial charge on any atom is -0.454 e. The van der Waals surface area contributed by atoms with Crippen molar-refractivity contribution in [2.75, 3.05) is 24.0 Å². The average Bonchev–Trinajstić information content (AvgIpc) is 3.16. The summed E-state index contributed by atoms with van der Waals surface area (Å²) in [5, 5.41) is 6.83. The van der Waals surface area contributed by atoms with Crippen molar-refractivity contribution in [3.63, 3.8) is 0 Å². The second kappa shape index (κ2) is 8.19. The summed E-state index contributed by atoms with van der Waals surface area (Å²) < 4.78 is 10.6. The quantitative estimate of drug-likeness (QED) is 0.648. The Morgan fingerprint density at radius 3 is 2.71 bits per heavy atom. The first-order chi connectivity index (χ1) is 13.7. The van der Waals surface area contributed by atoms with Crippen LogP contribution in [0.1, 0.15) is 16.1 Å². The number of carbonyl (C=O) groups is 1. The zero-order chi connectivity index (χ0) is 19.3. The van der Waals surface area contributed by atoms with Gasteiger partial charge < -0.3 is 20.1 Å². The second-order valence-electron chi connectivity index (χ2n) is 6.26. The number of anilines is 2. The number of rotatable bonds is 6. The zero-order valence-corrected chi connectivity index (χ0v) is 15.7. The number of hydrogen-bond donors (Lipinski definition) is 2. The van der Waals surface area contributed by atoms with Crippen molar-refractivity contribution in [3.8, 4) is 11.5 Å². The van der Waals surface area contributed by atoms with Gasteiger partial charge in [-0.1, -0.05) is 23.7 Å². The predicted octanol–water partition coefficient (Wildman–Crippen LogP) is 4.37. The van der Waals surface area contributed by atoms with Crippen LogP contribution in [0.15, 0.2) is 60.8 Å². The van der Waals surface area contributed by atoms with E-state index in [0.29, 0.717) is 22.9 Å². The van der Waals surface area contributed by atoms with Crippen molar-refractivity contribution in [2.24, 2.45) is 0 Å². The molecule has 2 heterocycles. The van der Waals surface area contributed by atoms with Crippen LogP contribution >= 0.6 is 11.6 Å². The van der Waals surface area contributed by atoms with E-state index in [2.05, 4.69) is 15.6 Å². The molecule has 1 aromatic heterocycles. The first-order valence-electron chi connectivity index (χ1n) is 8.83. The van der Waals surface area contributed by atoms with E-state index in [9.17, 15) is 4.79 Å². The number of benzene rings is 2. The number of ether oxygens (including phenoxy) is 2. The van der Waals surface area contributed by atoms with Crippen LogP contribution in [0.4, 0.5) is 11.4 Å². The van der Waals surface area contributed by atoms with Crippen LogP contribution < -0.4 is 20.1 Å². The van der Waals surface area contributed by atoms with E-state index in [1.807, 2.05) is 30.3 Å². The molecule has 0 radical (unpaired) electrons. The van der Waals surface area contributed by atoms with Gasteiger partial charge in [0.15, 0.2) is 11.5 Å². The Balaban J connectivity index is 1.31. The summed E-state index contributed by atoms with van der Waals surface area (Å²) in [5.41, 5.74) is 2.96. The van der Waals surface area contributed by atoms with Gasteiger partial charge in [0, 0.05) is 23.3 Å². The summed E-state index contributed by atoms with van der Waals surface area (Å²) >= 11 is 5.99. The Hall–Kier alpha value is -3.25. The van der Waals surface area contributed by atoms with E-state index < -0.39 is 0 Å². The Bertz CT molecular complexity index is 992. The van der Waals surface area contributed by atoms with E-state index in [0.717, 1.165) is 29.2 Å². The lowest BCUT2D eigenvalue weighted by Crippen LogP contribution is -2.14. The molecule has 3 aromatic rings. The number of hydrogen-bond acceptors (Lipinski definition) is 5. The first-order valence-corrected chi connectivity index (χ1v) is 9.20. The van der Waals surface area contributed by atoms with Crippen molar-refractivity contribution >= 4 is 28.9 Å². The average molecular weight is 396 g/mol. The topological polar surface area (TPSA) is 72.5 Å². The van der Waals surface area contributed by atoms with Gasteiger partial charge in [0.1, 0.15) is 5.69 Å². The molecule has 0 saturated heterocycles. The highest BCUT2D eigenvalue weighted by atomic mass is 35.5. The van der Waals surface area contributed by atoms with Gasteiger partial charge in [0.25, 0.3) is 5.91 Å². The standard InChI is InChI=1S/C21H18ClN3O3/c22-15-3-1-2-14(10-15)8-9-23-17-4-6-18(24-12-17)21(26)25-16-5-7-19-20(11-16)28-13-27-19/h1-7,10-12,23H,8-9,13H2,(H,25,26). The lowest BCUT2D eigenvalue weighted by molar-refractivity contribution is 0.102. The number of nitrogens with one attached hydrogen (secondary N) is 2. The number of aromatic nitrogens is 1. The van der Waals surface area contributed by atoms with Gasteiger partial charge in [-0.2, -0.15) is 0 Å². The normalized spacial score (nSPS) is 11.9. The molecule has 0 spiro atoms. The molecule has 0 bridgehead atoms. The third-order valence-corrected chi connectivity index (χ3v) is 4.49. The van der Waals surface area contributed by atoms with Crippen LogP contribution in [0.5, 0.6) is 11.5 Å². The fourth-order valence-corrected chi connectivity index (χ4v) is 3.06. The largest absolute Gasteiger partial charge is 0.454 e. The Labute approximate surface area is 167 Å². The number of halogens is 1. The molecule has 0 unspecified atom stereocenters. The maximum absolute atomic E-state index is 12.4. The first kappa shape index (κ1) is 18.1. The highest BCUT2D eigenvalue weighted by molar-refractivity contribution is 6.30. The molecule has 1 aliphatic heterocycles. The summed E-state index contributed by atoms with van der Waals surface area (Å²) in [4.78, 5) is 16.6. The lowest BCUT2D eigenvalue weighted by Gasteiger charge is -2.08. The Morgan fingerprint density at radius 2 is 1.89 bits per heavy atom. The Kier molecular flexibility index (Phi) is 5.30. The van der Waals surface area contributed by atoms with E-state index in [-0.39, 0.29) is 12.7 Å². The molecule has 4 rings (SSSR count). The Morgan fingerprint density at radius 1 is 1.04 bits per heavy atom. The highest BCUT2D eigenvalue weighted by Crippen LogP contribution is 2.34. The van der Waals surface area contributed by atoms with Gasteiger partial charge in [0.05, 0.1) is 11.9 Å². The molecular formula is C21H18ClN3O3. The smallest absolute Gasteiger partial charge is 0.274 e. The van der Waals surface area contributed by atoms with Crippen LogP contribution in [-0.2, 0) is 6.42 Å². The van der Waals surface area contributed by atoms with Crippen molar-refractivity contribution in [3.05, 3.63) is 77.1 Å². The maximum Gasteiger partial charge on any atom is 0.274 e. The fourth-order valence-electron chi connectivity index (χ4n) is 2.85. The summed E-state index contributed by atoms with van der Waals surface area (Å²) in [6.45, 7) is 0.935. The summed E-state index contributed by atoms with van der Waals surface area (Å²) in [6, 6.07) is 16.5. The van der Waals surface area contributed by atoms with Gasteiger partial charge in [0.2, 0.25) is 6.79 Å². The summed E-state index contributed by atoms with van der Waals surface area (Å²) in [7, 11) is 0. The number of fused-ring (bicyclic) bond motifs is 1. The van der Waals surface area contributed by atoms with Gasteiger partial charge in [-0.05, 0) is 48.4 Å². The second-order valence-corrected chi connectivity index (χ2v) is 6.70. The van der Waals surface area contributed by atoms with Crippen molar-refractivity contribution in [1.29, 1.82) is 0 Å². The van der Waals surface area contributed by atoms with Crippen LogP contribution in [-0.4, -0.2) is 24.2 Å². The summed E-state index contributed by atoms with van der Waals surface area (Å²) in [5.74, 6) is 0.999. The van der Waals surface area contributed by atoms with Crippen molar-refractivity contribution in [1.82, 2.24) is 4.98 Å². The number of nitrogens with zero attached hydrogens (tertiary/aromatic N) is 1. The third kappa shape index (κ3) is 4.35. The molecule has 28 heavy (non-hydrogen) atoms. The highest BCUT2D eigenvalue weighted by Gasteiger charge is 2.15. The molecular weight excluding hydrogens is 378 g/mol. The van der Waals surface area contributed by atoms with Crippen LogP contribution in [0.3, 0.4) is 0 Å². The molecule has 2 aromatic carbocycles. The fraction of sp³-hybridized carbons (Fsp3) is 0.143. The van der Waals surface area contributed by atoms with Crippen LogP contribution in [0.2, 0.25) is 5.02 Å². The van der Waals surface area contributed by atoms with Crippen molar-refractivity contribution in [2.45, 2.75) is 6.42 Å². The third-order valence-electron chi connectivity index (χ3n) is 4.26. The molecule has 1 aliphatic rings. The molecule has 142 valence electrons. The zero-order valence-electron chi connectivity index (χ0n) is 14.9. The van der Waals surface area contributed by atoms with Crippen LogP contribution in [0.25, 0.3) is 0 Å². The van der Waals surface area contributed by atoms with E-state index in [4.69, 9.17) is 21.1 Å². The molecule has 6 nitrogen and oxygen atoms in total. The number of carbonyl (C=O) groups excluding carboxylic acids is 1. The molecule has 7 heteroatoms. The van der Waals surface area contributed by atoms with Gasteiger partial charge in [-0.15, -0.1) is 0 Å². The van der Waals surface area contributed by atoms with E-state index in [1.54, 1.807) is 30.5 Å². The lowest BCUT2D eigenvalue weighted by atomic mass is 10.1. The molecule has 0 saturated carbocycles. The number of pyridine rings is 1. The van der Waals surface area contributed by atoms with Gasteiger partial charge >= 0.3 is 0 Å². The number of amides is 1. The predicted molar refractivity (Wildman–Crippen MR) is 108 cm³/mol. The minimum absolute atomic E-state index is 0.195. The van der Waals surface area contributed by atoms with E-state index in [1.165, 1.54) is 0 Å². The van der Waals surface area contributed by atoms with Crippen LogP contribution in [0, 0.1) is 0 Å². The minimum atomic E-state index is -0.288. The van der Waals surface area contributed by atoms with E-state index >= 15 is 0 Å². The molecule has 2 N–H and O–H groups in total. The summed E-state index contributed by atoms with van der Waals surface area (Å²) in [6.07, 6.45) is 2.49. The molecule has 0 atom stereocenters. The van der Waals surface area contributed by atoms with Gasteiger partial charge in [-0.3, -0.25) is 4.79 Å². The molecule has 0 fully saturated rings. The monoisotopic (exact) mass is 395 g/mol. The maximum atomic E-state index is 12.4. The van der Waals surface area contributed by atoms with Gasteiger partial charge in [-0.25, -0.2) is 4.98 Å². The molecule has 1 amide bonds. The van der Waals surface area contributed by atoms with Crippen molar-refractivity contribution < 1.29 is 14.3 Å². The molecule has 0 aliphatic carbocycles.